The summed E-state index contributed by atoms with van der Waals surface area (Å²) in [4.78, 5) is 4.60. The van der Waals surface area contributed by atoms with Gasteiger partial charge in [0.05, 0.1) is 0 Å². The van der Waals surface area contributed by atoms with Gasteiger partial charge in [0.2, 0.25) is 5.16 Å². The van der Waals surface area contributed by atoms with E-state index >= 15 is 0 Å². The minimum absolute atomic E-state index is 0.776. The SMILES string of the molecule is Cc1ccc(-c2nc(SCc3cccc4ccccc34)n[nH]2)cc1. The fourth-order valence-corrected chi connectivity index (χ4v) is 3.51. The van der Waals surface area contributed by atoms with Crippen molar-refractivity contribution >= 4 is 22.5 Å². The number of hydrogen-bond acceptors (Lipinski definition) is 3. The molecular formula is C20H17N3S. The molecular weight excluding hydrogens is 314 g/mol. The number of aromatic amines is 1. The fourth-order valence-electron chi connectivity index (χ4n) is 2.71. The lowest BCUT2D eigenvalue weighted by Gasteiger charge is -2.04. The first kappa shape index (κ1) is 15.0. The molecule has 0 saturated carbocycles. The van der Waals surface area contributed by atoms with Crippen molar-refractivity contribution in [1.29, 1.82) is 0 Å². The third-order valence-corrected chi connectivity index (χ3v) is 4.92. The minimum atomic E-state index is 0.776. The van der Waals surface area contributed by atoms with E-state index in [9.17, 15) is 0 Å². The van der Waals surface area contributed by atoms with Gasteiger partial charge in [-0.2, -0.15) is 0 Å². The number of fused-ring (bicyclic) bond motifs is 1. The maximum atomic E-state index is 4.60. The molecule has 1 heterocycles. The Morgan fingerprint density at radius 3 is 2.58 bits per heavy atom. The number of aryl methyl sites for hydroxylation is 1. The Kier molecular flexibility index (Phi) is 4.05. The van der Waals surface area contributed by atoms with Crippen molar-refractivity contribution in [3.05, 3.63) is 77.9 Å². The summed E-state index contributed by atoms with van der Waals surface area (Å²) in [5, 5.41) is 10.7. The molecule has 0 radical (unpaired) electrons. The van der Waals surface area contributed by atoms with Gasteiger partial charge in [0.1, 0.15) is 0 Å². The number of nitrogens with zero attached hydrogens (tertiary/aromatic N) is 2. The minimum Gasteiger partial charge on any atom is -0.258 e. The van der Waals surface area contributed by atoms with Crippen LogP contribution in [0.3, 0.4) is 0 Å². The van der Waals surface area contributed by atoms with E-state index in [2.05, 4.69) is 88.8 Å². The van der Waals surface area contributed by atoms with E-state index in [4.69, 9.17) is 0 Å². The zero-order valence-electron chi connectivity index (χ0n) is 13.4. The zero-order valence-corrected chi connectivity index (χ0v) is 14.2. The second-order valence-corrected chi connectivity index (χ2v) is 6.70. The Morgan fingerprint density at radius 2 is 1.71 bits per heavy atom. The van der Waals surface area contributed by atoms with Crippen molar-refractivity contribution in [1.82, 2.24) is 15.2 Å². The van der Waals surface area contributed by atoms with Gasteiger partial charge in [0, 0.05) is 11.3 Å². The molecule has 1 aromatic heterocycles. The molecule has 0 unspecified atom stereocenters. The predicted octanol–water partition coefficient (Wildman–Crippen LogP) is 5.23. The summed E-state index contributed by atoms with van der Waals surface area (Å²) >= 11 is 1.65. The molecule has 4 rings (SSSR count). The highest BCUT2D eigenvalue weighted by atomic mass is 32.2. The number of benzene rings is 3. The van der Waals surface area contributed by atoms with Crippen LogP contribution in [-0.4, -0.2) is 15.2 Å². The number of hydrogen-bond donors (Lipinski definition) is 1. The second kappa shape index (κ2) is 6.49. The molecule has 24 heavy (non-hydrogen) atoms. The van der Waals surface area contributed by atoms with E-state index in [0.717, 1.165) is 22.3 Å². The lowest BCUT2D eigenvalue weighted by atomic mass is 10.1. The first-order valence-corrected chi connectivity index (χ1v) is 8.87. The van der Waals surface area contributed by atoms with E-state index in [1.54, 1.807) is 11.8 Å². The number of thioether (sulfide) groups is 1. The lowest BCUT2D eigenvalue weighted by Crippen LogP contribution is -1.85. The van der Waals surface area contributed by atoms with Crippen molar-refractivity contribution in [3.63, 3.8) is 0 Å². The highest BCUT2D eigenvalue weighted by molar-refractivity contribution is 7.98. The first-order chi connectivity index (χ1) is 11.8. The van der Waals surface area contributed by atoms with Gasteiger partial charge in [-0.3, -0.25) is 5.10 Å². The quantitative estimate of drug-likeness (QED) is 0.521. The van der Waals surface area contributed by atoms with Crippen LogP contribution in [-0.2, 0) is 5.75 Å². The number of aromatic nitrogens is 3. The molecule has 0 spiro atoms. The Hall–Kier alpha value is -2.59. The third-order valence-electron chi connectivity index (χ3n) is 4.03. The predicted molar refractivity (Wildman–Crippen MR) is 100 cm³/mol. The van der Waals surface area contributed by atoms with Gasteiger partial charge in [-0.15, -0.1) is 5.10 Å². The third kappa shape index (κ3) is 3.05. The summed E-state index contributed by atoms with van der Waals surface area (Å²) < 4.78 is 0. The number of rotatable bonds is 4. The largest absolute Gasteiger partial charge is 0.258 e. The maximum Gasteiger partial charge on any atom is 0.209 e. The molecule has 4 aromatic rings. The van der Waals surface area contributed by atoms with Crippen LogP contribution in [0, 0.1) is 6.92 Å². The Labute approximate surface area is 145 Å². The Balaban J connectivity index is 1.53. The summed E-state index contributed by atoms with van der Waals surface area (Å²) in [7, 11) is 0. The van der Waals surface area contributed by atoms with E-state index in [0.29, 0.717) is 0 Å². The van der Waals surface area contributed by atoms with Gasteiger partial charge in [0.25, 0.3) is 0 Å². The van der Waals surface area contributed by atoms with Crippen molar-refractivity contribution in [2.45, 2.75) is 17.8 Å². The molecule has 0 bridgehead atoms. The highest BCUT2D eigenvalue weighted by Crippen LogP contribution is 2.26. The van der Waals surface area contributed by atoms with Crippen LogP contribution < -0.4 is 0 Å². The summed E-state index contributed by atoms with van der Waals surface area (Å²) in [6.07, 6.45) is 0. The van der Waals surface area contributed by atoms with Crippen molar-refractivity contribution in [3.8, 4) is 11.4 Å². The average molecular weight is 331 g/mol. The van der Waals surface area contributed by atoms with E-state index in [1.807, 2.05) is 0 Å². The van der Waals surface area contributed by atoms with E-state index in [-0.39, 0.29) is 0 Å². The summed E-state index contributed by atoms with van der Waals surface area (Å²) in [5.41, 5.74) is 3.61. The maximum absolute atomic E-state index is 4.60. The summed E-state index contributed by atoms with van der Waals surface area (Å²) in [6, 6.07) is 23.2. The van der Waals surface area contributed by atoms with Gasteiger partial charge in [-0.25, -0.2) is 4.98 Å². The standard InChI is InChI=1S/C20H17N3S/c1-14-9-11-16(12-10-14)19-21-20(23-22-19)24-13-17-7-4-6-15-5-2-3-8-18(15)17/h2-12H,13H2,1H3,(H,21,22,23). The van der Waals surface area contributed by atoms with Crippen molar-refractivity contribution in [2.75, 3.05) is 0 Å². The summed E-state index contributed by atoms with van der Waals surface area (Å²) in [6.45, 7) is 2.08. The molecule has 0 amide bonds. The smallest absolute Gasteiger partial charge is 0.209 e. The molecule has 0 aliphatic heterocycles. The molecule has 4 heteroatoms. The van der Waals surface area contributed by atoms with Crippen LogP contribution in [0.15, 0.2) is 71.9 Å². The van der Waals surface area contributed by atoms with Gasteiger partial charge in [-0.1, -0.05) is 84.1 Å². The first-order valence-electron chi connectivity index (χ1n) is 7.88. The fraction of sp³-hybridized carbons (Fsp3) is 0.100. The van der Waals surface area contributed by atoms with Crippen LogP contribution >= 0.6 is 11.8 Å². The lowest BCUT2D eigenvalue weighted by molar-refractivity contribution is 0.973. The number of nitrogens with one attached hydrogen (secondary N) is 1. The second-order valence-electron chi connectivity index (χ2n) is 5.76. The molecule has 0 atom stereocenters. The van der Waals surface area contributed by atoms with Crippen LogP contribution in [0.2, 0.25) is 0 Å². The highest BCUT2D eigenvalue weighted by Gasteiger charge is 2.07. The zero-order chi connectivity index (χ0) is 16.4. The molecule has 0 fully saturated rings. The van der Waals surface area contributed by atoms with Crippen molar-refractivity contribution in [2.24, 2.45) is 0 Å². The van der Waals surface area contributed by atoms with Gasteiger partial charge in [0.15, 0.2) is 5.82 Å². The van der Waals surface area contributed by atoms with Gasteiger partial charge >= 0.3 is 0 Å². The van der Waals surface area contributed by atoms with Gasteiger partial charge < -0.3 is 0 Å². The Morgan fingerprint density at radius 1 is 0.917 bits per heavy atom. The van der Waals surface area contributed by atoms with Crippen LogP contribution in [0.1, 0.15) is 11.1 Å². The van der Waals surface area contributed by atoms with Crippen LogP contribution in [0.5, 0.6) is 0 Å². The van der Waals surface area contributed by atoms with Crippen molar-refractivity contribution < 1.29 is 0 Å². The molecule has 3 aromatic carbocycles. The van der Waals surface area contributed by atoms with E-state index in [1.165, 1.54) is 21.9 Å². The Bertz CT molecular complexity index is 968. The molecule has 0 aliphatic rings. The molecule has 118 valence electrons. The molecule has 0 saturated heterocycles. The monoisotopic (exact) mass is 331 g/mol. The molecule has 0 aliphatic carbocycles. The van der Waals surface area contributed by atoms with Gasteiger partial charge in [-0.05, 0) is 23.3 Å². The normalized spacial score (nSPS) is 11.0. The van der Waals surface area contributed by atoms with E-state index < -0.39 is 0 Å². The summed E-state index contributed by atoms with van der Waals surface area (Å²) in [5.74, 6) is 1.67. The number of H-pyrrole nitrogens is 1. The molecule has 3 nitrogen and oxygen atoms in total. The average Bonchev–Trinajstić information content (AvgIpc) is 3.09. The molecule has 1 N–H and O–H groups in total. The van der Waals surface area contributed by atoms with Crippen LogP contribution in [0.4, 0.5) is 0 Å². The topological polar surface area (TPSA) is 41.6 Å². The van der Waals surface area contributed by atoms with Crippen LogP contribution in [0.25, 0.3) is 22.2 Å².